The summed E-state index contributed by atoms with van der Waals surface area (Å²) in [5.74, 6) is 0.439. The zero-order chi connectivity index (χ0) is 14.8. The average molecular weight is 346 g/mol. The molecule has 2 N–H and O–H groups in total. The van der Waals surface area contributed by atoms with Gasteiger partial charge in [0.15, 0.2) is 0 Å². The summed E-state index contributed by atoms with van der Waals surface area (Å²) in [6.07, 6.45) is 0. The molecule has 0 aromatic heterocycles. The van der Waals surface area contributed by atoms with Gasteiger partial charge in [-0.25, -0.2) is 4.39 Å². The van der Waals surface area contributed by atoms with E-state index in [1.165, 1.54) is 6.07 Å². The van der Waals surface area contributed by atoms with E-state index >= 15 is 0 Å². The minimum atomic E-state index is -0.293. The molecule has 0 aliphatic heterocycles. The Bertz CT molecular complexity index is 804. The minimum absolute atomic E-state index is 0.284. The molecule has 0 aliphatic carbocycles. The molecule has 0 unspecified atom stereocenters. The van der Waals surface area contributed by atoms with Crippen LogP contribution in [0.4, 0.5) is 10.1 Å². The predicted octanol–water partition coefficient (Wildman–Crippen LogP) is 4.90. The van der Waals surface area contributed by atoms with Crippen LogP contribution in [0.15, 0.2) is 59.1 Å². The van der Waals surface area contributed by atoms with Crippen LogP contribution in [0, 0.1) is 5.82 Å². The van der Waals surface area contributed by atoms with Crippen molar-refractivity contribution >= 4 is 32.4 Å². The van der Waals surface area contributed by atoms with Crippen molar-refractivity contribution in [3.63, 3.8) is 0 Å². The highest BCUT2D eigenvalue weighted by Crippen LogP contribution is 2.31. The molecule has 4 heteroatoms. The molecule has 0 saturated carbocycles. The second-order valence-corrected chi connectivity index (χ2v) is 5.49. The fraction of sp³-hybridized carbons (Fsp3) is 0.0588. The number of nitrogen functional groups attached to an aromatic ring is 1. The topological polar surface area (TPSA) is 35.2 Å². The lowest BCUT2D eigenvalue weighted by molar-refractivity contribution is 0.308. The Morgan fingerprint density at radius 2 is 1.71 bits per heavy atom. The van der Waals surface area contributed by atoms with Gasteiger partial charge in [-0.3, -0.25) is 0 Å². The van der Waals surface area contributed by atoms with E-state index in [9.17, 15) is 4.39 Å². The molecule has 0 fully saturated rings. The van der Waals surface area contributed by atoms with Crippen LogP contribution < -0.4 is 10.5 Å². The van der Waals surface area contributed by atoms with Crippen molar-refractivity contribution < 1.29 is 9.13 Å². The van der Waals surface area contributed by atoms with E-state index in [-0.39, 0.29) is 12.4 Å². The summed E-state index contributed by atoms with van der Waals surface area (Å²) >= 11 is 3.24. The average Bonchev–Trinajstić information content (AvgIpc) is 2.51. The molecule has 0 amide bonds. The second kappa shape index (κ2) is 5.74. The third-order valence-electron chi connectivity index (χ3n) is 3.33. The van der Waals surface area contributed by atoms with Crippen LogP contribution in [-0.4, -0.2) is 0 Å². The van der Waals surface area contributed by atoms with Gasteiger partial charge in [0.1, 0.15) is 18.2 Å². The number of fused-ring (bicyclic) bond motifs is 1. The van der Waals surface area contributed by atoms with Gasteiger partial charge in [0.25, 0.3) is 0 Å². The molecule has 3 aromatic carbocycles. The molecular weight excluding hydrogens is 333 g/mol. The summed E-state index contributed by atoms with van der Waals surface area (Å²) in [6, 6.07) is 16.3. The molecule has 0 spiro atoms. The number of rotatable bonds is 3. The van der Waals surface area contributed by atoms with Crippen molar-refractivity contribution in [2.45, 2.75) is 6.61 Å². The maximum Gasteiger partial charge on any atom is 0.137 e. The number of hydrogen-bond donors (Lipinski definition) is 1. The van der Waals surface area contributed by atoms with Crippen LogP contribution in [-0.2, 0) is 6.61 Å². The van der Waals surface area contributed by atoms with E-state index in [0.29, 0.717) is 10.2 Å². The Hall–Kier alpha value is -2.07. The third kappa shape index (κ3) is 2.72. The van der Waals surface area contributed by atoms with E-state index in [1.807, 2.05) is 42.5 Å². The summed E-state index contributed by atoms with van der Waals surface area (Å²) < 4.78 is 19.8. The van der Waals surface area contributed by atoms with Gasteiger partial charge in [-0.1, -0.05) is 36.4 Å². The molecular formula is C17H13BrFNO. The molecule has 3 rings (SSSR count). The molecule has 21 heavy (non-hydrogen) atoms. The first kappa shape index (κ1) is 13.9. The van der Waals surface area contributed by atoms with Crippen LogP contribution in [0.1, 0.15) is 5.56 Å². The van der Waals surface area contributed by atoms with Crippen LogP contribution in [0.5, 0.6) is 5.75 Å². The lowest BCUT2D eigenvalue weighted by atomic mass is 10.1. The number of anilines is 1. The maximum atomic E-state index is 13.5. The normalized spacial score (nSPS) is 10.8. The van der Waals surface area contributed by atoms with Crippen LogP contribution in [0.3, 0.4) is 0 Å². The molecule has 0 aliphatic rings. The predicted molar refractivity (Wildman–Crippen MR) is 86.8 cm³/mol. The fourth-order valence-corrected chi connectivity index (χ4v) is 2.61. The highest BCUT2D eigenvalue weighted by atomic mass is 79.9. The third-order valence-corrected chi connectivity index (χ3v) is 4.22. The van der Waals surface area contributed by atoms with Crippen molar-refractivity contribution in [1.82, 2.24) is 0 Å². The van der Waals surface area contributed by atoms with Crippen molar-refractivity contribution in [2.24, 2.45) is 0 Å². The standard InChI is InChI=1S/C17H13BrFNO/c18-17-11(4-3-7-14(17)19)10-21-16-9-8-15(20)12-5-1-2-6-13(12)16/h1-9H,10,20H2. The summed E-state index contributed by atoms with van der Waals surface area (Å²) in [6.45, 7) is 0.284. The lowest BCUT2D eigenvalue weighted by Gasteiger charge is -2.12. The molecule has 0 bridgehead atoms. The van der Waals surface area contributed by atoms with Crippen molar-refractivity contribution in [2.75, 3.05) is 5.73 Å². The Labute approximate surface area is 130 Å². The SMILES string of the molecule is Nc1ccc(OCc2cccc(F)c2Br)c2ccccc12. The number of halogens is 2. The molecule has 0 atom stereocenters. The van der Waals surface area contributed by atoms with Gasteiger partial charge in [-0.15, -0.1) is 0 Å². The Balaban J connectivity index is 1.92. The highest BCUT2D eigenvalue weighted by molar-refractivity contribution is 9.10. The fourth-order valence-electron chi connectivity index (χ4n) is 2.24. The summed E-state index contributed by atoms with van der Waals surface area (Å²) in [5, 5.41) is 1.90. The first-order valence-electron chi connectivity index (χ1n) is 6.50. The van der Waals surface area contributed by atoms with E-state index in [0.717, 1.165) is 22.1 Å². The first-order valence-corrected chi connectivity index (χ1v) is 7.29. The van der Waals surface area contributed by atoms with Gasteiger partial charge in [0.2, 0.25) is 0 Å². The van der Waals surface area contributed by atoms with E-state index in [4.69, 9.17) is 10.5 Å². The number of hydrogen-bond acceptors (Lipinski definition) is 2. The van der Waals surface area contributed by atoms with Crippen LogP contribution in [0.25, 0.3) is 10.8 Å². The van der Waals surface area contributed by atoms with Crippen molar-refractivity contribution in [3.05, 3.63) is 70.5 Å². The molecule has 0 radical (unpaired) electrons. The zero-order valence-electron chi connectivity index (χ0n) is 11.1. The molecule has 0 heterocycles. The molecule has 106 valence electrons. The first-order chi connectivity index (χ1) is 10.2. The van der Waals surface area contributed by atoms with Gasteiger partial charge in [0.05, 0.1) is 4.47 Å². The highest BCUT2D eigenvalue weighted by Gasteiger charge is 2.08. The summed E-state index contributed by atoms with van der Waals surface area (Å²) in [5.41, 5.74) is 7.44. The van der Waals surface area contributed by atoms with Crippen molar-refractivity contribution in [1.29, 1.82) is 0 Å². The van der Waals surface area contributed by atoms with Crippen LogP contribution in [0.2, 0.25) is 0 Å². The van der Waals surface area contributed by atoms with Gasteiger partial charge in [0, 0.05) is 22.0 Å². The van der Waals surface area contributed by atoms with Gasteiger partial charge in [-0.05, 0) is 34.1 Å². The summed E-state index contributed by atoms with van der Waals surface area (Å²) in [7, 11) is 0. The van der Waals surface area contributed by atoms with E-state index in [2.05, 4.69) is 15.9 Å². The largest absolute Gasteiger partial charge is 0.488 e. The Morgan fingerprint density at radius 1 is 0.952 bits per heavy atom. The quantitative estimate of drug-likeness (QED) is 0.685. The number of nitrogens with two attached hydrogens (primary N) is 1. The number of benzene rings is 3. The minimum Gasteiger partial charge on any atom is -0.488 e. The van der Waals surface area contributed by atoms with Crippen molar-refractivity contribution in [3.8, 4) is 5.75 Å². The van der Waals surface area contributed by atoms with E-state index < -0.39 is 0 Å². The maximum absolute atomic E-state index is 13.5. The van der Waals surface area contributed by atoms with Gasteiger partial charge >= 0.3 is 0 Å². The Kier molecular flexibility index (Phi) is 3.80. The molecule has 0 saturated heterocycles. The smallest absolute Gasteiger partial charge is 0.137 e. The Morgan fingerprint density at radius 3 is 2.52 bits per heavy atom. The molecule has 3 aromatic rings. The van der Waals surface area contributed by atoms with E-state index in [1.54, 1.807) is 6.07 Å². The lowest BCUT2D eigenvalue weighted by Crippen LogP contribution is -1.99. The van der Waals surface area contributed by atoms with Gasteiger partial charge < -0.3 is 10.5 Å². The zero-order valence-corrected chi connectivity index (χ0v) is 12.7. The monoisotopic (exact) mass is 345 g/mol. The number of ether oxygens (including phenoxy) is 1. The molecule has 2 nitrogen and oxygen atoms in total. The van der Waals surface area contributed by atoms with Gasteiger partial charge in [-0.2, -0.15) is 0 Å². The second-order valence-electron chi connectivity index (χ2n) is 4.70. The van der Waals surface area contributed by atoms with Crippen LogP contribution >= 0.6 is 15.9 Å². The summed E-state index contributed by atoms with van der Waals surface area (Å²) in [4.78, 5) is 0.